The Balaban J connectivity index is 1.74. The lowest BCUT2D eigenvalue weighted by Gasteiger charge is -2.56. The minimum Gasteiger partial charge on any atom is -0.497 e. The van der Waals surface area contributed by atoms with Gasteiger partial charge in [-0.05, 0) is 87.0 Å². The molecule has 0 spiro atoms. The third-order valence-electron chi connectivity index (χ3n) is 8.66. The van der Waals surface area contributed by atoms with Crippen LogP contribution in [0.1, 0.15) is 70.7 Å². The van der Waals surface area contributed by atoms with E-state index in [2.05, 4.69) is 19.2 Å². The Hall–Kier alpha value is -2.08. The molecule has 0 aliphatic heterocycles. The summed E-state index contributed by atoms with van der Waals surface area (Å²) in [6.07, 6.45) is 3.21. The van der Waals surface area contributed by atoms with Gasteiger partial charge in [-0.3, -0.25) is 9.59 Å². The Kier molecular flexibility index (Phi) is 8.09. The number of aliphatic hydroxyl groups is 1. The van der Waals surface area contributed by atoms with Crippen LogP contribution < -0.4 is 10.1 Å². The molecule has 1 aromatic carbocycles. The van der Waals surface area contributed by atoms with Gasteiger partial charge in [0.15, 0.2) is 0 Å². The van der Waals surface area contributed by atoms with Crippen molar-refractivity contribution < 1.29 is 19.4 Å². The lowest BCUT2D eigenvalue weighted by Crippen LogP contribution is -2.58. The molecule has 2 aliphatic rings. The molecule has 0 heterocycles. The van der Waals surface area contributed by atoms with E-state index in [4.69, 9.17) is 4.74 Å². The van der Waals surface area contributed by atoms with Crippen LogP contribution in [0.15, 0.2) is 24.3 Å². The molecule has 1 unspecified atom stereocenters. The van der Waals surface area contributed by atoms with Gasteiger partial charge in [0.05, 0.1) is 13.2 Å². The number of nitrogens with zero attached hydrogens (tertiary/aromatic N) is 1. The van der Waals surface area contributed by atoms with Gasteiger partial charge in [0, 0.05) is 30.6 Å². The third-order valence-corrected chi connectivity index (χ3v) is 8.66. The van der Waals surface area contributed by atoms with Gasteiger partial charge in [0.25, 0.3) is 5.91 Å². The van der Waals surface area contributed by atoms with Crippen LogP contribution in [0.5, 0.6) is 5.75 Å². The fraction of sp³-hybridized carbons (Fsp3) is 0.704. The first-order chi connectivity index (χ1) is 15.7. The minimum absolute atomic E-state index is 0.000124. The topological polar surface area (TPSA) is 78.9 Å². The number of carbonyl (C=O) groups is 2. The van der Waals surface area contributed by atoms with Gasteiger partial charge in [0.2, 0.25) is 5.91 Å². The summed E-state index contributed by atoms with van der Waals surface area (Å²) in [6.45, 7) is 11.8. The van der Waals surface area contributed by atoms with Gasteiger partial charge < -0.3 is 20.1 Å². The van der Waals surface area contributed by atoms with Crippen molar-refractivity contribution in [3.63, 3.8) is 0 Å². The molecule has 6 nitrogen and oxygen atoms in total. The van der Waals surface area contributed by atoms with E-state index in [0.717, 1.165) is 31.4 Å². The van der Waals surface area contributed by atoms with E-state index < -0.39 is 6.10 Å². The lowest BCUT2D eigenvalue weighted by molar-refractivity contribution is -0.149. The Labute approximate surface area is 199 Å². The second kappa shape index (κ2) is 10.5. The first-order valence-corrected chi connectivity index (χ1v) is 12.6. The predicted molar refractivity (Wildman–Crippen MR) is 130 cm³/mol. The summed E-state index contributed by atoms with van der Waals surface area (Å²) in [5, 5.41) is 14.8. The molecule has 2 aliphatic carbocycles. The molecule has 2 fully saturated rings. The second-order valence-corrected chi connectivity index (χ2v) is 10.4. The standard InChI is InChI=1S/C27H42N2O4/c1-7-29(8-2)26(32)17(3)21-13-15-27(5)16-14-22(18(4)23(27)24(21)30)28-25(31)19-9-11-20(33-6)12-10-19/h9-12,17-18,21-24,30H,7-8,13-16H2,1-6H3,(H,28,31)/t17-,18+,21?,22-,23+,24-,27-/m0/s1. The number of hydrogen-bond acceptors (Lipinski definition) is 4. The van der Waals surface area contributed by atoms with E-state index in [-0.39, 0.29) is 46.9 Å². The number of benzene rings is 1. The molecule has 2 amide bonds. The quantitative estimate of drug-likeness (QED) is 0.644. The highest BCUT2D eigenvalue weighted by Crippen LogP contribution is 2.55. The largest absolute Gasteiger partial charge is 0.497 e. The van der Waals surface area contributed by atoms with Crippen LogP contribution >= 0.6 is 0 Å². The third kappa shape index (κ3) is 5.06. The number of carbonyl (C=O) groups excluding carboxylic acids is 2. The molecule has 0 saturated heterocycles. The second-order valence-electron chi connectivity index (χ2n) is 10.4. The van der Waals surface area contributed by atoms with Crippen LogP contribution in [0, 0.1) is 29.1 Å². The maximum atomic E-state index is 13.0. The van der Waals surface area contributed by atoms with Crippen LogP contribution in [0.25, 0.3) is 0 Å². The smallest absolute Gasteiger partial charge is 0.251 e. The molecular weight excluding hydrogens is 416 g/mol. The Morgan fingerprint density at radius 3 is 2.36 bits per heavy atom. The number of methoxy groups -OCH3 is 1. The normalized spacial score (nSPS) is 32.4. The van der Waals surface area contributed by atoms with E-state index in [9.17, 15) is 14.7 Å². The maximum Gasteiger partial charge on any atom is 0.251 e. The van der Waals surface area contributed by atoms with E-state index in [1.54, 1.807) is 31.4 Å². The van der Waals surface area contributed by atoms with Crippen LogP contribution in [0.2, 0.25) is 0 Å². The molecule has 0 bridgehead atoms. The highest BCUT2D eigenvalue weighted by Gasteiger charge is 2.54. The van der Waals surface area contributed by atoms with Gasteiger partial charge in [-0.25, -0.2) is 0 Å². The lowest BCUT2D eigenvalue weighted by atomic mass is 9.51. The zero-order valence-electron chi connectivity index (χ0n) is 21.1. The summed E-state index contributed by atoms with van der Waals surface area (Å²) in [4.78, 5) is 27.8. The van der Waals surface area contributed by atoms with Crippen molar-refractivity contribution in [1.29, 1.82) is 0 Å². The van der Waals surface area contributed by atoms with Crippen molar-refractivity contribution in [1.82, 2.24) is 10.2 Å². The number of hydrogen-bond donors (Lipinski definition) is 2. The number of fused-ring (bicyclic) bond motifs is 1. The number of rotatable bonds is 7. The van der Waals surface area contributed by atoms with E-state index in [1.807, 2.05) is 25.7 Å². The van der Waals surface area contributed by atoms with Crippen molar-refractivity contribution >= 4 is 11.8 Å². The predicted octanol–water partition coefficient (Wildman–Crippen LogP) is 4.12. The van der Waals surface area contributed by atoms with Crippen molar-refractivity contribution in [2.75, 3.05) is 20.2 Å². The summed E-state index contributed by atoms with van der Waals surface area (Å²) in [7, 11) is 1.61. The fourth-order valence-corrected chi connectivity index (χ4v) is 6.50. The Morgan fingerprint density at radius 2 is 1.79 bits per heavy atom. The SMILES string of the molecule is CCN(CC)C(=O)[C@@H](C)C1CC[C@@]2(C)CC[C@H](NC(=O)c3ccc(OC)cc3)[C@@H](C)[C@@H]2[C@H]1O. The zero-order valence-corrected chi connectivity index (χ0v) is 21.1. The number of aliphatic hydroxyl groups excluding tert-OH is 1. The van der Waals surface area contributed by atoms with Crippen molar-refractivity contribution in [2.24, 2.45) is 29.1 Å². The molecule has 3 rings (SSSR count). The number of nitrogens with one attached hydrogen (secondary N) is 1. The Morgan fingerprint density at radius 1 is 1.18 bits per heavy atom. The molecule has 33 heavy (non-hydrogen) atoms. The summed E-state index contributed by atoms with van der Waals surface area (Å²) >= 11 is 0. The summed E-state index contributed by atoms with van der Waals surface area (Å²) in [6, 6.07) is 7.13. The van der Waals surface area contributed by atoms with Crippen LogP contribution in [0.4, 0.5) is 0 Å². The summed E-state index contributed by atoms with van der Waals surface area (Å²) in [5.41, 5.74) is 0.645. The number of ether oxygens (including phenoxy) is 1. The van der Waals surface area contributed by atoms with Crippen LogP contribution in [-0.4, -0.2) is 54.2 Å². The highest BCUT2D eigenvalue weighted by molar-refractivity contribution is 5.94. The van der Waals surface area contributed by atoms with Gasteiger partial charge in [-0.15, -0.1) is 0 Å². The molecule has 0 radical (unpaired) electrons. The first-order valence-electron chi connectivity index (χ1n) is 12.6. The average molecular weight is 459 g/mol. The molecule has 6 heteroatoms. The highest BCUT2D eigenvalue weighted by atomic mass is 16.5. The monoisotopic (exact) mass is 458 g/mol. The van der Waals surface area contributed by atoms with Crippen molar-refractivity contribution in [2.45, 2.75) is 72.4 Å². The van der Waals surface area contributed by atoms with Gasteiger partial charge >= 0.3 is 0 Å². The maximum absolute atomic E-state index is 13.0. The molecule has 0 aromatic heterocycles. The molecule has 2 saturated carbocycles. The van der Waals surface area contributed by atoms with Crippen molar-refractivity contribution in [3.05, 3.63) is 29.8 Å². The van der Waals surface area contributed by atoms with Crippen LogP contribution in [-0.2, 0) is 4.79 Å². The van der Waals surface area contributed by atoms with E-state index in [1.165, 1.54) is 0 Å². The molecule has 7 atom stereocenters. The van der Waals surface area contributed by atoms with Crippen molar-refractivity contribution in [3.8, 4) is 5.75 Å². The zero-order chi connectivity index (χ0) is 24.3. The summed E-state index contributed by atoms with van der Waals surface area (Å²) in [5.74, 6) is 0.696. The van der Waals surface area contributed by atoms with Crippen LogP contribution in [0.3, 0.4) is 0 Å². The average Bonchev–Trinajstić information content (AvgIpc) is 2.81. The first kappa shape index (κ1) is 25.5. The van der Waals surface area contributed by atoms with Gasteiger partial charge in [0.1, 0.15) is 5.75 Å². The fourth-order valence-electron chi connectivity index (χ4n) is 6.50. The summed E-state index contributed by atoms with van der Waals surface area (Å²) < 4.78 is 5.19. The Bertz CT molecular complexity index is 822. The molecule has 184 valence electrons. The molecular formula is C27H42N2O4. The van der Waals surface area contributed by atoms with E-state index >= 15 is 0 Å². The molecule has 2 N–H and O–H groups in total. The van der Waals surface area contributed by atoms with Gasteiger partial charge in [-0.2, -0.15) is 0 Å². The van der Waals surface area contributed by atoms with E-state index in [0.29, 0.717) is 18.7 Å². The minimum atomic E-state index is -0.547. The van der Waals surface area contributed by atoms with Gasteiger partial charge in [-0.1, -0.05) is 20.8 Å². The molecule has 1 aromatic rings. The number of amides is 2.